The van der Waals surface area contributed by atoms with Crippen LogP contribution in [0.3, 0.4) is 0 Å². The second-order valence-corrected chi connectivity index (χ2v) is 10.2. The SMILES string of the molecule is CCCC1=C(C)CN(C(=O)OC(C)(C)C)c2cc(CNC(=O)OC(C)(C)C)c(C)cc21. The van der Waals surface area contributed by atoms with E-state index >= 15 is 0 Å². The number of benzene rings is 1. The lowest BCUT2D eigenvalue weighted by Gasteiger charge is -2.34. The molecule has 31 heavy (non-hydrogen) atoms. The lowest BCUT2D eigenvalue weighted by Crippen LogP contribution is -2.40. The number of fused-ring (bicyclic) bond motifs is 1. The molecule has 0 atom stereocenters. The Morgan fingerprint density at radius 2 is 1.65 bits per heavy atom. The number of rotatable bonds is 4. The van der Waals surface area contributed by atoms with Crippen molar-refractivity contribution in [2.75, 3.05) is 11.4 Å². The second kappa shape index (κ2) is 9.33. The van der Waals surface area contributed by atoms with Gasteiger partial charge in [-0.2, -0.15) is 0 Å². The van der Waals surface area contributed by atoms with Crippen molar-refractivity contribution in [3.8, 4) is 0 Å². The van der Waals surface area contributed by atoms with Crippen molar-refractivity contribution in [2.24, 2.45) is 0 Å². The Labute approximate surface area is 187 Å². The molecule has 0 aromatic heterocycles. The lowest BCUT2D eigenvalue weighted by molar-refractivity contribution is 0.0521. The van der Waals surface area contributed by atoms with Crippen molar-refractivity contribution >= 4 is 23.4 Å². The third-order valence-electron chi connectivity index (χ3n) is 4.92. The smallest absolute Gasteiger partial charge is 0.415 e. The molecule has 1 heterocycles. The Balaban J connectivity index is 2.41. The molecule has 0 aliphatic carbocycles. The molecule has 2 rings (SSSR count). The van der Waals surface area contributed by atoms with Crippen LogP contribution in [-0.2, 0) is 16.0 Å². The first kappa shape index (κ1) is 24.8. The van der Waals surface area contributed by atoms with Crippen LogP contribution in [0.5, 0.6) is 0 Å². The van der Waals surface area contributed by atoms with Crippen molar-refractivity contribution in [2.45, 2.75) is 92.9 Å². The van der Waals surface area contributed by atoms with Gasteiger partial charge in [-0.1, -0.05) is 13.3 Å². The van der Waals surface area contributed by atoms with Gasteiger partial charge in [0.15, 0.2) is 0 Å². The maximum absolute atomic E-state index is 13.0. The average molecular weight is 431 g/mol. The highest BCUT2D eigenvalue weighted by Gasteiger charge is 2.30. The fraction of sp³-hybridized carbons (Fsp3) is 0.600. The van der Waals surface area contributed by atoms with Crippen LogP contribution in [-0.4, -0.2) is 29.9 Å². The van der Waals surface area contributed by atoms with E-state index in [-0.39, 0.29) is 6.09 Å². The summed E-state index contributed by atoms with van der Waals surface area (Å²) >= 11 is 0. The zero-order valence-electron chi connectivity index (χ0n) is 20.6. The van der Waals surface area contributed by atoms with E-state index in [0.717, 1.165) is 35.2 Å². The minimum absolute atomic E-state index is 0.321. The van der Waals surface area contributed by atoms with Crippen LogP contribution in [0.1, 0.15) is 84.9 Å². The number of nitrogens with one attached hydrogen (secondary N) is 1. The first-order valence-electron chi connectivity index (χ1n) is 11.0. The van der Waals surface area contributed by atoms with Gasteiger partial charge in [0.1, 0.15) is 11.2 Å². The summed E-state index contributed by atoms with van der Waals surface area (Å²) in [5, 5.41) is 2.82. The van der Waals surface area contributed by atoms with Crippen LogP contribution < -0.4 is 10.2 Å². The normalized spacial score (nSPS) is 14.3. The summed E-state index contributed by atoms with van der Waals surface area (Å²) in [5.74, 6) is 0. The maximum atomic E-state index is 13.0. The molecule has 1 aromatic rings. The summed E-state index contributed by atoms with van der Waals surface area (Å²) < 4.78 is 11.0. The van der Waals surface area contributed by atoms with Crippen LogP contribution >= 0.6 is 0 Å². The van der Waals surface area contributed by atoms with Crippen molar-refractivity contribution < 1.29 is 19.1 Å². The summed E-state index contributed by atoms with van der Waals surface area (Å²) in [5.41, 5.74) is 5.22. The third-order valence-corrected chi connectivity index (χ3v) is 4.92. The fourth-order valence-electron chi connectivity index (χ4n) is 3.60. The highest BCUT2D eigenvalue weighted by atomic mass is 16.6. The number of ether oxygens (including phenoxy) is 2. The molecule has 1 N–H and O–H groups in total. The van der Waals surface area contributed by atoms with E-state index in [1.165, 1.54) is 11.1 Å². The standard InChI is InChI=1S/C25H38N2O4/c1-10-11-19-17(3)15-27(23(29)31-25(7,8)9)21-13-18(16(2)12-20(19)21)14-26-22(28)30-24(4,5)6/h12-13H,10-11,14-15H2,1-9H3,(H,26,28). The number of anilines is 1. The largest absolute Gasteiger partial charge is 0.444 e. The molecule has 0 bridgehead atoms. The number of allylic oxidation sites excluding steroid dienone is 1. The topological polar surface area (TPSA) is 67.9 Å². The molecule has 0 spiro atoms. The van der Waals surface area contributed by atoms with Crippen LogP contribution in [0.15, 0.2) is 17.7 Å². The molecular weight excluding hydrogens is 392 g/mol. The van der Waals surface area contributed by atoms with Gasteiger partial charge < -0.3 is 14.8 Å². The first-order valence-corrected chi connectivity index (χ1v) is 11.0. The summed E-state index contributed by atoms with van der Waals surface area (Å²) in [6.07, 6.45) is 1.16. The minimum atomic E-state index is -0.579. The number of carbonyl (C=O) groups excluding carboxylic acids is 2. The number of carbonyl (C=O) groups is 2. The van der Waals surface area contributed by atoms with Gasteiger partial charge >= 0.3 is 12.2 Å². The number of hydrogen-bond acceptors (Lipinski definition) is 4. The van der Waals surface area contributed by atoms with E-state index < -0.39 is 17.3 Å². The Bertz CT molecular complexity index is 873. The Morgan fingerprint density at radius 1 is 1.03 bits per heavy atom. The van der Waals surface area contributed by atoms with E-state index in [4.69, 9.17) is 9.47 Å². The van der Waals surface area contributed by atoms with E-state index in [0.29, 0.717) is 13.1 Å². The van der Waals surface area contributed by atoms with Crippen molar-refractivity contribution in [3.63, 3.8) is 0 Å². The highest BCUT2D eigenvalue weighted by molar-refractivity contribution is 5.96. The lowest BCUT2D eigenvalue weighted by atomic mass is 9.88. The van der Waals surface area contributed by atoms with Gasteiger partial charge in [-0.05, 0) is 96.2 Å². The summed E-state index contributed by atoms with van der Waals surface area (Å²) in [6.45, 7) is 18.2. The van der Waals surface area contributed by atoms with E-state index in [9.17, 15) is 9.59 Å². The van der Waals surface area contributed by atoms with Gasteiger partial charge in [0.25, 0.3) is 0 Å². The quantitative estimate of drug-likeness (QED) is 0.604. The molecule has 1 aromatic carbocycles. The van der Waals surface area contributed by atoms with Crippen molar-refractivity contribution in [1.82, 2.24) is 5.32 Å². The van der Waals surface area contributed by atoms with E-state index in [1.807, 2.05) is 54.5 Å². The van der Waals surface area contributed by atoms with Gasteiger partial charge in [0.05, 0.1) is 12.2 Å². The Morgan fingerprint density at radius 3 is 2.19 bits per heavy atom. The van der Waals surface area contributed by atoms with Crippen LogP contribution in [0.2, 0.25) is 0 Å². The third kappa shape index (κ3) is 6.74. The number of nitrogens with zero attached hydrogens (tertiary/aromatic N) is 1. The monoisotopic (exact) mass is 430 g/mol. The van der Waals surface area contributed by atoms with Gasteiger partial charge in [-0.15, -0.1) is 0 Å². The van der Waals surface area contributed by atoms with Crippen molar-refractivity contribution in [3.05, 3.63) is 34.4 Å². The molecule has 1 aliphatic heterocycles. The highest BCUT2D eigenvalue weighted by Crippen LogP contribution is 2.39. The summed E-state index contributed by atoms with van der Waals surface area (Å²) in [7, 11) is 0. The molecule has 6 nitrogen and oxygen atoms in total. The van der Waals surface area contributed by atoms with Crippen molar-refractivity contribution in [1.29, 1.82) is 0 Å². The van der Waals surface area contributed by atoms with Gasteiger partial charge in [-0.25, -0.2) is 9.59 Å². The zero-order chi connectivity index (χ0) is 23.6. The second-order valence-electron chi connectivity index (χ2n) is 10.2. The average Bonchev–Trinajstić information content (AvgIpc) is 2.59. The molecule has 0 saturated heterocycles. The molecule has 0 fully saturated rings. The molecule has 1 aliphatic rings. The molecule has 0 unspecified atom stereocenters. The fourth-order valence-corrected chi connectivity index (χ4v) is 3.60. The van der Waals surface area contributed by atoms with Crippen LogP contribution in [0, 0.1) is 6.92 Å². The van der Waals surface area contributed by atoms with Crippen LogP contribution in [0.25, 0.3) is 5.57 Å². The molecular formula is C25H38N2O4. The Hall–Kier alpha value is -2.50. The predicted octanol–water partition coefficient (Wildman–Crippen LogP) is 6.35. The first-order chi connectivity index (χ1) is 14.2. The molecule has 172 valence electrons. The van der Waals surface area contributed by atoms with Crippen LogP contribution in [0.4, 0.5) is 15.3 Å². The van der Waals surface area contributed by atoms with E-state index in [1.54, 1.807) is 4.90 Å². The predicted molar refractivity (Wildman–Crippen MR) is 125 cm³/mol. The van der Waals surface area contributed by atoms with Gasteiger partial charge in [0.2, 0.25) is 0 Å². The maximum Gasteiger partial charge on any atom is 0.415 e. The van der Waals surface area contributed by atoms with Gasteiger partial charge in [0, 0.05) is 12.1 Å². The molecule has 2 amide bonds. The number of aryl methyl sites for hydroxylation is 1. The minimum Gasteiger partial charge on any atom is -0.444 e. The summed E-state index contributed by atoms with van der Waals surface area (Å²) in [4.78, 5) is 26.8. The molecule has 0 saturated carbocycles. The molecule has 6 heteroatoms. The number of alkyl carbamates (subject to hydrolysis) is 1. The number of amides is 2. The Kier molecular flexibility index (Phi) is 7.45. The molecule has 0 radical (unpaired) electrons. The summed E-state index contributed by atoms with van der Waals surface area (Å²) in [6, 6.07) is 4.11. The van der Waals surface area contributed by atoms with Gasteiger partial charge in [-0.3, -0.25) is 4.90 Å². The zero-order valence-corrected chi connectivity index (χ0v) is 20.6. The number of hydrogen-bond donors (Lipinski definition) is 1. The van der Waals surface area contributed by atoms with E-state index in [2.05, 4.69) is 25.2 Å².